The van der Waals surface area contributed by atoms with Gasteiger partial charge in [-0.25, -0.2) is 4.98 Å². The van der Waals surface area contributed by atoms with Gasteiger partial charge in [0.05, 0.1) is 13.1 Å². The molecule has 2 rings (SSSR count). The van der Waals surface area contributed by atoms with Crippen molar-refractivity contribution in [3.63, 3.8) is 0 Å². The van der Waals surface area contributed by atoms with E-state index in [-0.39, 0.29) is 18.5 Å². The number of hydrogen-bond acceptors (Lipinski definition) is 5. The lowest BCUT2D eigenvalue weighted by Gasteiger charge is -2.25. The van der Waals surface area contributed by atoms with Crippen molar-refractivity contribution in [3.8, 4) is 0 Å². The number of likely N-dealkylation sites (N-methyl/N-ethyl adjacent to an activating group) is 1. The van der Waals surface area contributed by atoms with E-state index < -0.39 is 5.97 Å². The van der Waals surface area contributed by atoms with Crippen molar-refractivity contribution in [2.24, 2.45) is 0 Å². The molecule has 0 spiro atoms. The van der Waals surface area contributed by atoms with Crippen LogP contribution in [0.5, 0.6) is 0 Å². The van der Waals surface area contributed by atoms with Crippen molar-refractivity contribution in [2.45, 2.75) is 25.3 Å². The van der Waals surface area contributed by atoms with E-state index >= 15 is 0 Å². The minimum atomic E-state index is -0.806. The molecule has 132 valence electrons. The molecule has 1 aliphatic rings. The number of halogens is 1. The number of carboxylic acids is 1. The van der Waals surface area contributed by atoms with E-state index in [0.717, 1.165) is 36.8 Å². The predicted molar refractivity (Wildman–Crippen MR) is 94.9 cm³/mol. The molecule has 1 atom stereocenters. The molecule has 2 N–H and O–H groups in total. The van der Waals surface area contributed by atoms with Gasteiger partial charge in [0.15, 0.2) is 0 Å². The van der Waals surface area contributed by atoms with Gasteiger partial charge in [-0.2, -0.15) is 0 Å². The molecule has 2 heterocycles. The molecule has 1 saturated heterocycles. The van der Waals surface area contributed by atoms with Crippen molar-refractivity contribution in [1.29, 1.82) is 0 Å². The summed E-state index contributed by atoms with van der Waals surface area (Å²) >= 11 is 3.31. The first-order valence-corrected chi connectivity index (χ1v) is 8.79. The normalized spacial score (nSPS) is 19.0. The van der Waals surface area contributed by atoms with Crippen LogP contribution in [0.3, 0.4) is 0 Å². The van der Waals surface area contributed by atoms with E-state index in [1.807, 2.05) is 18.0 Å². The van der Waals surface area contributed by atoms with Gasteiger partial charge >= 0.3 is 5.97 Å². The molecule has 1 amide bonds. The molecular weight excluding hydrogens is 376 g/mol. The highest BCUT2D eigenvalue weighted by Gasteiger charge is 2.22. The number of carbonyl (C=O) groups excluding carboxylic acids is 1. The van der Waals surface area contributed by atoms with Gasteiger partial charge in [0.25, 0.3) is 0 Å². The molecule has 0 bridgehead atoms. The second-order valence-corrected chi connectivity index (χ2v) is 7.00. The molecule has 0 radical (unpaired) electrons. The van der Waals surface area contributed by atoms with Crippen LogP contribution in [-0.2, 0) is 9.59 Å². The molecule has 0 aromatic carbocycles. The third-order valence-corrected chi connectivity index (χ3v) is 4.63. The van der Waals surface area contributed by atoms with Crippen molar-refractivity contribution < 1.29 is 14.7 Å². The summed E-state index contributed by atoms with van der Waals surface area (Å²) in [5, 5.41) is 11.7. The third-order valence-electron chi connectivity index (χ3n) is 4.16. The van der Waals surface area contributed by atoms with Gasteiger partial charge in [-0.15, -0.1) is 0 Å². The summed E-state index contributed by atoms with van der Waals surface area (Å²) in [6.07, 6.45) is 4.42. The van der Waals surface area contributed by atoms with E-state index in [1.54, 1.807) is 12.3 Å². The van der Waals surface area contributed by atoms with Crippen LogP contribution in [0.15, 0.2) is 22.8 Å². The molecule has 1 aliphatic heterocycles. The summed E-state index contributed by atoms with van der Waals surface area (Å²) in [7, 11) is 1.85. The average Bonchev–Trinajstić information content (AvgIpc) is 2.74. The Hall–Kier alpha value is -1.51. The van der Waals surface area contributed by atoms with Crippen molar-refractivity contribution in [2.75, 3.05) is 38.5 Å². The lowest BCUT2D eigenvalue weighted by Crippen LogP contribution is -2.37. The van der Waals surface area contributed by atoms with Gasteiger partial charge < -0.3 is 10.4 Å². The van der Waals surface area contributed by atoms with E-state index in [4.69, 9.17) is 5.11 Å². The SMILES string of the molecule is CN(CC(=O)O)C1CCCN(CC(=O)Nc2ccc(Br)cn2)CC1. The Morgan fingerprint density at radius 2 is 2.21 bits per heavy atom. The molecule has 8 heteroatoms. The monoisotopic (exact) mass is 398 g/mol. The van der Waals surface area contributed by atoms with E-state index in [1.165, 1.54) is 0 Å². The maximum atomic E-state index is 12.1. The number of hydrogen-bond donors (Lipinski definition) is 2. The van der Waals surface area contributed by atoms with Crippen LogP contribution in [0.1, 0.15) is 19.3 Å². The summed E-state index contributed by atoms with van der Waals surface area (Å²) in [6, 6.07) is 3.83. The summed E-state index contributed by atoms with van der Waals surface area (Å²) in [6.45, 7) is 2.02. The van der Waals surface area contributed by atoms with Gasteiger partial charge in [0.2, 0.25) is 5.91 Å². The minimum Gasteiger partial charge on any atom is -0.480 e. The minimum absolute atomic E-state index is 0.0559. The number of anilines is 1. The van der Waals surface area contributed by atoms with Gasteiger partial charge in [-0.3, -0.25) is 19.4 Å². The van der Waals surface area contributed by atoms with Crippen LogP contribution >= 0.6 is 15.9 Å². The maximum Gasteiger partial charge on any atom is 0.317 e. The highest BCUT2D eigenvalue weighted by molar-refractivity contribution is 9.10. The zero-order valence-corrected chi connectivity index (χ0v) is 15.3. The summed E-state index contributed by atoms with van der Waals surface area (Å²) in [5.41, 5.74) is 0. The molecule has 1 aromatic rings. The smallest absolute Gasteiger partial charge is 0.317 e. The molecule has 1 fully saturated rings. The predicted octanol–water partition coefficient (Wildman–Crippen LogP) is 1.65. The second kappa shape index (κ2) is 9.10. The van der Waals surface area contributed by atoms with E-state index in [2.05, 4.69) is 31.1 Å². The number of carbonyl (C=O) groups is 2. The number of carboxylic acid groups (broad SMARTS) is 1. The van der Waals surface area contributed by atoms with Crippen LogP contribution in [0, 0.1) is 0 Å². The standard InChI is InChI=1S/C16H23BrN4O3/c1-20(11-16(23)24)13-3-2-7-21(8-6-13)10-15(22)19-14-5-4-12(17)9-18-14/h4-5,9,13H,2-3,6-8,10-11H2,1H3,(H,23,24)(H,18,19,22). The highest BCUT2D eigenvalue weighted by atomic mass is 79.9. The fraction of sp³-hybridized carbons (Fsp3) is 0.562. The molecule has 0 aliphatic carbocycles. The first kappa shape index (κ1) is 18.8. The fourth-order valence-corrected chi connectivity index (χ4v) is 3.15. The fourth-order valence-electron chi connectivity index (χ4n) is 2.91. The topological polar surface area (TPSA) is 85.8 Å². The third kappa shape index (κ3) is 6.18. The number of nitrogens with zero attached hydrogens (tertiary/aromatic N) is 3. The number of aromatic nitrogens is 1. The quantitative estimate of drug-likeness (QED) is 0.757. The first-order valence-electron chi connectivity index (χ1n) is 8.00. The van der Waals surface area contributed by atoms with Gasteiger partial charge in [-0.1, -0.05) is 0 Å². The van der Waals surface area contributed by atoms with Crippen LogP contribution in [0.4, 0.5) is 5.82 Å². The summed E-state index contributed by atoms with van der Waals surface area (Å²) in [5.74, 6) is -0.348. The Labute approximate surface area is 150 Å². The zero-order chi connectivity index (χ0) is 17.5. The Bertz CT molecular complexity index is 567. The molecule has 7 nitrogen and oxygen atoms in total. The zero-order valence-electron chi connectivity index (χ0n) is 13.7. The van der Waals surface area contributed by atoms with Crippen LogP contribution in [-0.4, -0.2) is 71.0 Å². The maximum absolute atomic E-state index is 12.1. The van der Waals surface area contributed by atoms with Crippen molar-refractivity contribution >= 4 is 33.6 Å². The lowest BCUT2D eigenvalue weighted by molar-refractivity contribution is -0.138. The highest BCUT2D eigenvalue weighted by Crippen LogP contribution is 2.16. The number of rotatable bonds is 6. The van der Waals surface area contributed by atoms with E-state index in [0.29, 0.717) is 12.4 Å². The molecule has 0 saturated carbocycles. The van der Waals surface area contributed by atoms with Gasteiger partial charge in [-0.05, 0) is 60.9 Å². The Morgan fingerprint density at radius 3 is 2.88 bits per heavy atom. The molecule has 1 aromatic heterocycles. The van der Waals surface area contributed by atoms with E-state index in [9.17, 15) is 9.59 Å². The summed E-state index contributed by atoms with van der Waals surface area (Å²) < 4.78 is 0.865. The number of aliphatic carboxylic acids is 1. The van der Waals surface area contributed by atoms with Crippen molar-refractivity contribution in [3.05, 3.63) is 22.8 Å². The largest absolute Gasteiger partial charge is 0.480 e. The Morgan fingerprint density at radius 1 is 1.42 bits per heavy atom. The molecular formula is C16H23BrN4O3. The van der Waals surface area contributed by atoms with Crippen molar-refractivity contribution in [1.82, 2.24) is 14.8 Å². The van der Waals surface area contributed by atoms with Gasteiger partial charge in [0.1, 0.15) is 5.82 Å². The number of pyridine rings is 1. The molecule has 24 heavy (non-hydrogen) atoms. The lowest BCUT2D eigenvalue weighted by atomic mass is 10.1. The average molecular weight is 399 g/mol. The number of likely N-dealkylation sites (tertiary alicyclic amines) is 1. The number of amides is 1. The molecule has 1 unspecified atom stereocenters. The van der Waals surface area contributed by atoms with Crippen LogP contribution in [0.25, 0.3) is 0 Å². The Kier molecular flexibility index (Phi) is 7.14. The second-order valence-electron chi connectivity index (χ2n) is 6.08. The Balaban J connectivity index is 1.80. The van der Waals surface area contributed by atoms with Gasteiger partial charge in [0, 0.05) is 23.3 Å². The first-order chi connectivity index (χ1) is 11.4. The summed E-state index contributed by atoms with van der Waals surface area (Å²) in [4.78, 5) is 31.1. The number of nitrogens with one attached hydrogen (secondary N) is 1. The van der Waals surface area contributed by atoms with Crippen LogP contribution in [0.2, 0.25) is 0 Å². The van der Waals surface area contributed by atoms with Crippen LogP contribution < -0.4 is 5.32 Å².